The molecule has 0 fully saturated rings. The minimum absolute atomic E-state index is 0.128. The molecule has 0 amide bonds. The molecule has 0 radical (unpaired) electrons. The summed E-state index contributed by atoms with van der Waals surface area (Å²) < 4.78 is 0. The van der Waals surface area contributed by atoms with Crippen LogP contribution in [-0.4, -0.2) is 24.3 Å². The van der Waals surface area contributed by atoms with Crippen molar-refractivity contribution in [2.45, 2.75) is 0 Å². The van der Waals surface area contributed by atoms with Gasteiger partial charge in [-0.05, 0) is 30.4 Å². The van der Waals surface area contributed by atoms with Gasteiger partial charge in [0.15, 0.2) is 5.11 Å². The molecule has 0 aliphatic carbocycles. The van der Waals surface area contributed by atoms with Gasteiger partial charge in [-0.25, -0.2) is 0 Å². The van der Waals surface area contributed by atoms with Crippen LogP contribution in [0.2, 0.25) is 0 Å². The number of nitrogens with zero attached hydrogens (tertiary/aromatic N) is 1. The fourth-order valence-electron chi connectivity index (χ4n) is 1.04. The Morgan fingerprint density at radius 3 is 2.64 bits per heavy atom. The molecule has 1 rings (SSSR count). The number of phenols is 1. The molecule has 0 aliphatic rings. The second-order valence-electron chi connectivity index (χ2n) is 3.09. The molecule has 76 valence electrons. The van der Waals surface area contributed by atoms with Gasteiger partial charge in [0, 0.05) is 19.8 Å². The SMILES string of the molecule is CN(C)c1ccc(O)c(NC(N)=S)c1. The van der Waals surface area contributed by atoms with Crippen molar-refractivity contribution in [3.63, 3.8) is 0 Å². The van der Waals surface area contributed by atoms with Crippen molar-refractivity contribution in [3.05, 3.63) is 18.2 Å². The van der Waals surface area contributed by atoms with Crippen LogP contribution in [0.5, 0.6) is 5.75 Å². The molecule has 0 aliphatic heterocycles. The average Bonchev–Trinajstić information content (AvgIpc) is 2.07. The van der Waals surface area contributed by atoms with E-state index < -0.39 is 0 Å². The van der Waals surface area contributed by atoms with Crippen LogP contribution in [0, 0.1) is 0 Å². The third-order valence-electron chi connectivity index (χ3n) is 1.75. The minimum atomic E-state index is 0.128. The molecule has 1 aromatic carbocycles. The van der Waals surface area contributed by atoms with Crippen LogP contribution >= 0.6 is 12.2 Å². The lowest BCUT2D eigenvalue weighted by Crippen LogP contribution is -2.19. The Labute approximate surface area is 88.3 Å². The van der Waals surface area contributed by atoms with E-state index in [1.165, 1.54) is 0 Å². The summed E-state index contributed by atoms with van der Waals surface area (Å²) in [5.74, 6) is 0.128. The van der Waals surface area contributed by atoms with Gasteiger partial charge in [-0.3, -0.25) is 0 Å². The highest BCUT2D eigenvalue weighted by Crippen LogP contribution is 2.27. The van der Waals surface area contributed by atoms with Crippen molar-refractivity contribution in [1.29, 1.82) is 0 Å². The number of anilines is 2. The summed E-state index contributed by atoms with van der Waals surface area (Å²) >= 11 is 4.69. The Kier molecular flexibility index (Phi) is 3.14. The van der Waals surface area contributed by atoms with E-state index in [0.29, 0.717) is 5.69 Å². The predicted molar refractivity (Wildman–Crippen MR) is 62.8 cm³/mol. The van der Waals surface area contributed by atoms with Crippen LogP contribution in [0.3, 0.4) is 0 Å². The van der Waals surface area contributed by atoms with Crippen LogP contribution < -0.4 is 16.0 Å². The first-order valence-electron chi connectivity index (χ1n) is 4.07. The molecular weight excluding hydrogens is 198 g/mol. The largest absolute Gasteiger partial charge is 0.506 e. The molecule has 4 N–H and O–H groups in total. The summed E-state index contributed by atoms with van der Waals surface area (Å²) in [6.45, 7) is 0. The van der Waals surface area contributed by atoms with Crippen molar-refractivity contribution in [2.75, 3.05) is 24.3 Å². The van der Waals surface area contributed by atoms with Crippen LogP contribution in [-0.2, 0) is 0 Å². The lowest BCUT2D eigenvalue weighted by molar-refractivity contribution is 0.478. The standard InChI is InChI=1S/C9H13N3OS/c1-12(2)6-3-4-8(13)7(5-6)11-9(10)14/h3-5,13H,1-2H3,(H3,10,11,14). The highest BCUT2D eigenvalue weighted by atomic mass is 32.1. The third-order valence-corrected chi connectivity index (χ3v) is 1.86. The molecule has 5 heteroatoms. The predicted octanol–water partition coefficient (Wildman–Crippen LogP) is 1.11. The number of benzene rings is 1. The van der Waals surface area contributed by atoms with Gasteiger partial charge in [0.05, 0.1) is 5.69 Å². The van der Waals surface area contributed by atoms with Crippen molar-refractivity contribution >= 4 is 28.7 Å². The monoisotopic (exact) mass is 211 g/mol. The zero-order valence-electron chi connectivity index (χ0n) is 8.11. The van der Waals surface area contributed by atoms with Crippen molar-refractivity contribution < 1.29 is 5.11 Å². The second-order valence-corrected chi connectivity index (χ2v) is 3.52. The lowest BCUT2D eigenvalue weighted by Gasteiger charge is -2.15. The smallest absolute Gasteiger partial charge is 0.168 e. The van der Waals surface area contributed by atoms with Crippen LogP contribution in [0.15, 0.2) is 18.2 Å². The summed E-state index contributed by atoms with van der Waals surface area (Å²) in [6, 6.07) is 5.17. The summed E-state index contributed by atoms with van der Waals surface area (Å²) in [5, 5.41) is 12.3. The van der Waals surface area contributed by atoms with Gasteiger partial charge in [0.2, 0.25) is 0 Å². The Morgan fingerprint density at radius 2 is 2.14 bits per heavy atom. The highest BCUT2D eigenvalue weighted by Gasteiger charge is 2.03. The molecule has 0 spiro atoms. The fraction of sp³-hybridized carbons (Fsp3) is 0.222. The number of rotatable bonds is 2. The quantitative estimate of drug-likeness (QED) is 0.505. The summed E-state index contributed by atoms with van der Waals surface area (Å²) in [7, 11) is 3.83. The summed E-state index contributed by atoms with van der Waals surface area (Å²) in [6.07, 6.45) is 0. The Bertz CT molecular complexity index is 352. The number of phenolic OH excluding ortho intramolecular Hbond substituents is 1. The first kappa shape index (κ1) is 10.6. The van der Waals surface area contributed by atoms with E-state index in [2.05, 4.69) is 17.5 Å². The van der Waals surface area contributed by atoms with E-state index >= 15 is 0 Å². The van der Waals surface area contributed by atoms with Gasteiger partial charge in [-0.2, -0.15) is 0 Å². The van der Waals surface area contributed by atoms with Gasteiger partial charge in [-0.1, -0.05) is 0 Å². The zero-order valence-corrected chi connectivity index (χ0v) is 8.93. The van der Waals surface area contributed by atoms with E-state index in [1.54, 1.807) is 18.2 Å². The Balaban J connectivity index is 3.02. The van der Waals surface area contributed by atoms with Gasteiger partial charge in [0.1, 0.15) is 5.75 Å². The Hall–Kier alpha value is -1.49. The molecule has 4 nitrogen and oxygen atoms in total. The molecule has 0 unspecified atom stereocenters. The molecule has 0 saturated heterocycles. The number of aromatic hydroxyl groups is 1. The van der Waals surface area contributed by atoms with E-state index in [0.717, 1.165) is 5.69 Å². The first-order valence-corrected chi connectivity index (χ1v) is 4.48. The molecule has 0 aromatic heterocycles. The molecule has 0 bridgehead atoms. The van der Waals surface area contributed by atoms with Crippen LogP contribution in [0.25, 0.3) is 0 Å². The van der Waals surface area contributed by atoms with Crippen molar-refractivity contribution in [2.24, 2.45) is 5.73 Å². The molecule has 14 heavy (non-hydrogen) atoms. The zero-order chi connectivity index (χ0) is 10.7. The van der Waals surface area contributed by atoms with Gasteiger partial charge in [-0.15, -0.1) is 0 Å². The normalized spacial score (nSPS) is 9.57. The second kappa shape index (κ2) is 4.15. The highest BCUT2D eigenvalue weighted by molar-refractivity contribution is 7.80. The summed E-state index contributed by atoms with van der Waals surface area (Å²) in [4.78, 5) is 1.92. The van der Waals surface area contributed by atoms with Crippen LogP contribution in [0.1, 0.15) is 0 Å². The summed E-state index contributed by atoms with van der Waals surface area (Å²) in [5.41, 5.74) is 6.79. The topological polar surface area (TPSA) is 61.5 Å². The van der Waals surface area contributed by atoms with Gasteiger partial charge < -0.3 is 21.1 Å². The molecular formula is C9H13N3OS. The molecule has 1 aromatic rings. The number of hydrogen-bond donors (Lipinski definition) is 3. The maximum absolute atomic E-state index is 9.47. The maximum Gasteiger partial charge on any atom is 0.168 e. The number of thiocarbonyl (C=S) groups is 1. The molecule has 0 atom stereocenters. The van der Waals surface area contributed by atoms with Crippen molar-refractivity contribution in [3.8, 4) is 5.75 Å². The fourth-order valence-corrected chi connectivity index (χ4v) is 1.15. The minimum Gasteiger partial charge on any atom is -0.506 e. The van der Waals surface area contributed by atoms with Crippen molar-refractivity contribution in [1.82, 2.24) is 0 Å². The van der Waals surface area contributed by atoms with Crippen LogP contribution in [0.4, 0.5) is 11.4 Å². The maximum atomic E-state index is 9.47. The lowest BCUT2D eigenvalue weighted by atomic mass is 10.2. The number of hydrogen-bond acceptors (Lipinski definition) is 3. The number of nitrogens with one attached hydrogen (secondary N) is 1. The molecule has 0 saturated carbocycles. The Morgan fingerprint density at radius 1 is 1.50 bits per heavy atom. The average molecular weight is 211 g/mol. The van der Waals surface area contributed by atoms with Gasteiger partial charge >= 0.3 is 0 Å². The first-order chi connectivity index (χ1) is 6.50. The number of nitrogens with two attached hydrogens (primary N) is 1. The van der Waals surface area contributed by atoms with E-state index in [4.69, 9.17) is 5.73 Å². The van der Waals surface area contributed by atoms with E-state index in [-0.39, 0.29) is 10.9 Å². The third kappa shape index (κ3) is 2.50. The van der Waals surface area contributed by atoms with Gasteiger partial charge in [0.25, 0.3) is 0 Å². The van der Waals surface area contributed by atoms with E-state index in [9.17, 15) is 5.11 Å². The van der Waals surface area contributed by atoms with E-state index in [1.807, 2.05) is 19.0 Å². The molecule has 0 heterocycles.